The van der Waals surface area contributed by atoms with Gasteiger partial charge >= 0.3 is 12.1 Å². The Morgan fingerprint density at radius 3 is 2.33 bits per heavy atom. The smallest absolute Gasteiger partial charge is 0.368 e. The van der Waals surface area contributed by atoms with Gasteiger partial charge in [0.15, 0.2) is 0 Å². The summed E-state index contributed by atoms with van der Waals surface area (Å²) in [5.74, 6) is -5.16. The molecule has 0 radical (unpaired) electrons. The average Bonchev–Trinajstić information content (AvgIpc) is 3.19. The molecule has 0 spiro atoms. The third-order valence-electron chi connectivity index (χ3n) is 8.57. The van der Waals surface area contributed by atoms with Crippen molar-refractivity contribution in [2.45, 2.75) is 72.3 Å². The van der Waals surface area contributed by atoms with Gasteiger partial charge in [0.1, 0.15) is 18.1 Å². The van der Waals surface area contributed by atoms with Crippen LogP contribution in [0.5, 0.6) is 0 Å². The number of likely N-dealkylation sites (tertiary alicyclic amines) is 1. The van der Waals surface area contributed by atoms with E-state index in [-0.39, 0.29) is 35.8 Å². The second-order valence-electron chi connectivity index (χ2n) is 13.0. The standard InChI is InChI=1S/C29H36F3N5O5/c1-13-7-8-17-14(9-13)10-15(23(39)34-17)11-18(22(33)38)35-24(40)20-19-16(28(19,5)6)12-37(20)25(41)21(27(2,3)4)36-26(42)29(30,31)32/h7-10,16,18-21H,11-12H2,1-6H3,(H2,33,38)(H,34,39)(H,35,40)(H,36,42)/t16-,18?,19+,20-,21+/m0/s1. The lowest BCUT2D eigenvalue weighted by Crippen LogP contribution is -2.61. The van der Waals surface area contributed by atoms with Gasteiger partial charge in [-0.15, -0.1) is 0 Å². The van der Waals surface area contributed by atoms with Gasteiger partial charge in [-0.3, -0.25) is 24.0 Å². The van der Waals surface area contributed by atoms with Gasteiger partial charge in [0.05, 0.1) is 0 Å². The molecule has 1 aliphatic heterocycles. The average molecular weight is 592 g/mol. The quantitative estimate of drug-likeness (QED) is 0.388. The molecule has 5 atom stereocenters. The molecular formula is C29H36F3N5O5. The van der Waals surface area contributed by atoms with Gasteiger partial charge < -0.3 is 26.3 Å². The number of hydrogen-bond donors (Lipinski definition) is 4. The number of nitrogens with two attached hydrogens (primary N) is 1. The Bertz CT molecular complexity index is 1510. The molecule has 2 heterocycles. The van der Waals surface area contributed by atoms with Crippen LogP contribution in [0.15, 0.2) is 29.1 Å². The SMILES string of the molecule is Cc1ccc2[nH]c(=O)c(CC(NC(=O)[C@@H]3[C@H]4[C@H](CN3C(=O)[C@@H](NC(=O)C(F)(F)F)C(C)(C)C)C4(C)C)C(N)=O)cc2c1. The highest BCUT2D eigenvalue weighted by Crippen LogP contribution is 2.65. The summed E-state index contributed by atoms with van der Waals surface area (Å²) in [5, 5.41) is 5.11. The Morgan fingerprint density at radius 1 is 1.12 bits per heavy atom. The number of piperidine rings is 1. The molecule has 1 saturated heterocycles. The second-order valence-corrected chi connectivity index (χ2v) is 13.0. The van der Waals surface area contributed by atoms with Gasteiger partial charge in [-0.2, -0.15) is 13.2 Å². The van der Waals surface area contributed by atoms with Crippen LogP contribution in [0.3, 0.4) is 0 Å². The maximum atomic E-state index is 13.7. The monoisotopic (exact) mass is 591 g/mol. The number of benzene rings is 1. The summed E-state index contributed by atoms with van der Waals surface area (Å²) < 4.78 is 39.2. The Morgan fingerprint density at radius 2 is 1.76 bits per heavy atom. The lowest BCUT2D eigenvalue weighted by molar-refractivity contribution is -0.176. The van der Waals surface area contributed by atoms with E-state index in [2.05, 4.69) is 10.3 Å². The van der Waals surface area contributed by atoms with Crippen molar-refractivity contribution >= 4 is 34.5 Å². The van der Waals surface area contributed by atoms with Gasteiger partial charge in [-0.25, -0.2) is 0 Å². The fourth-order valence-corrected chi connectivity index (χ4v) is 6.06. The third kappa shape index (κ3) is 5.86. The number of halogens is 3. The van der Waals surface area contributed by atoms with Crippen molar-refractivity contribution in [2.75, 3.05) is 6.54 Å². The first kappa shape index (κ1) is 31.0. The lowest BCUT2D eigenvalue weighted by Gasteiger charge is -2.38. The highest BCUT2D eigenvalue weighted by Gasteiger charge is 2.70. The number of aromatic nitrogens is 1. The number of amides is 4. The van der Waals surface area contributed by atoms with Crippen molar-refractivity contribution in [3.63, 3.8) is 0 Å². The van der Waals surface area contributed by atoms with Crippen LogP contribution in [-0.4, -0.2) is 64.4 Å². The minimum absolute atomic E-state index is 0.0913. The summed E-state index contributed by atoms with van der Waals surface area (Å²) >= 11 is 0. The molecule has 4 amide bonds. The molecule has 228 valence electrons. The van der Waals surface area contributed by atoms with E-state index in [1.54, 1.807) is 17.4 Å². The largest absolute Gasteiger partial charge is 0.471 e. The highest BCUT2D eigenvalue weighted by molar-refractivity contribution is 5.96. The van der Waals surface area contributed by atoms with Gasteiger partial charge in [-0.1, -0.05) is 46.2 Å². The Labute approximate surface area is 240 Å². The first-order chi connectivity index (χ1) is 19.2. The predicted molar refractivity (Wildman–Crippen MR) is 148 cm³/mol. The molecule has 2 fully saturated rings. The molecule has 1 unspecified atom stereocenters. The summed E-state index contributed by atoms with van der Waals surface area (Å²) in [6.45, 7) is 10.3. The van der Waals surface area contributed by atoms with Crippen molar-refractivity contribution in [3.8, 4) is 0 Å². The van der Waals surface area contributed by atoms with Crippen LogP contribution < -0.4 is 21.9 Å². The number of nitrogens with zero attached hydrogens (tertiary/aromatic N) is 1. The van der Waals surface area contributed by atoms with Crippen molar-refractivity contribution in [1.82, 2.24) is 20.5 Å². The maximum Gasteiger partial charge on any atom is 0.471 e. The molecule has 5 N–H and O–H groups in total. The van der Waals surface area contributed by atoms with Crippen LogP contribution >= 0.6 is 0 Å². The Balaban J connectivity index is 1.60. The van der Waals surface area contributed by atoms with Crippen LogP contribution in [0.4, 0.5) is 13.2 Å². The van der Waals surface area contributed by atoms with Crippen LogP contribution in [0, 0.1) is 29.6 Å². The lowest BCUT2D eigenvalue weighted by atomic mass is 9.85. The van der Waals surface area contributed by atoms with Gasteiger partial charge in [-0.05, 0) is 53.2 Å². The molecule has 1 aromatic heterocycles. The molecular weight excluding hydrogens is 555 g/mol. The number of carbonyl (C=O) groups excluding carboxylic acids is 4. The summed E-state index contributed by atoms with van der Waals surface area (Å²) in [5.41, 5.74) is 5.45. The number of carbonyl (C=O) groups is 4. The van der Waals surface area contributed by atoms with E-state index in [4.69, 9.17) is 5.73 Å². The Hall–Kier alpha value is -3.90. The van der Waals surface area contributed by atoms with E-state index in [0.29, 0.717) is 5.52 Å². The molecule has 2 aliphatic rings. The number of primary amides is 1. The minimum Gasteiger partial charge on any atom is -0.368 e. The fourth-order valence-electron chi connectivity index (χ4n) is 6.06. The predicted octanol–water partition coefficient (Wildman–Crippen LogP) is 1.93. The van der Waals surface area contributed by atoms with Crippen molar-refractivity contribution in [2.24, 2.45) is 28.4 Å². The third-order valence-corrected chi connectivity index (χ3v) is 8.57. The van der Waals surface area contributed by atoms with Gasteiger partial charge in [0.2, 0.25) is 17.7 Å². The van der Waals surface area contributed by atoms with E-state index in [1.807, 2.05) is 32.9 Å². The van der Waals surface area contributed by atoms with E-state index in [1.165, 1.54) is 25.7 Å². The number of pyridine rings is 1. The Kier molecular flexibility index (Phi) is 7.71. The number of hydrogen-bond acceptors (Lipinski definition) is 5. The molecule has 0 bridgehead atoms. The van der Waals surface area contributed by atoms with Gasteiger partial charge in [0, 0.05) is 24.0 Å². The number of alkyl halides is 3. The highest BCUT2D eigenvalue weighted by atomic mass is 19.4. The molecule has 2 aromatic rings. The molecule has 1 aliphatic carbocycles. The van der Waals surface area contributed by atoms with E-state index < -0.39 is 58.9 Å². The summed E-state index contributed by atoms with van der Waals surface area (Å²) in [6.07, 6.45) is -5.42. The number of fused-ring (bicyclic) bond motifs is 2. The maximum absolute atomic E-state index is 13.7. The zero-order chi connectivity index (χ0) is 31.5. The van der Waals surface area contributed by atoms with Gasteiger partial charge in [0.25, 0.3) is 5.56 Å². The molecule has 13 heteroatoms. The number of aryl methyl sites for hydroxylation is 1. The normalized spacial score (nSPS) is 22.7. The van der Waals surface area contributed by atoms with Crippen molar-refractivity contribution in [3.05, 3.63) is 45.7 Å². The summed E-state index contributed by atoms with van der Waals surface area (Å²) in [4.78, 5) is 68.3. The minimum atomic E-state index is -5.20. The van der Waals surface area contributed by atoms with Crippen LogP contribution in [-0.2, 0) is 25.6 Å². The summed E-state index contributed by atoms with van der Waals surface area (Å²) in [6, 6.07) is 3.06. The first-order valence-corrected chi connectivity index (χ1v) is 13.6. The number of H-pyrrole nitrogens is 1. The summed E-state index contributed by atoms with van der Waals surface area (Å²) in [7, 11) is 0. The zero-order valence-corrected chi connectivity index (χ0v) is 24.3. The van der Waals surface area contributed by atoms with Crippen LogP contribution in [0.2, 0.25) is 0 Å². The second kappa shape index (κ2) is 10.4. The number of aromatic amines is 1. The van der Waals surface area contributed by atoms with E-state index >= 15 is 0 Å². The van der Waals surface area contributed by atoms with Crippen LogP contribution in [0.25, 0.3) is 10.9 Å². The fraction of sp³-hybridized carbons (Fsp3) is 0.552. The molecule has 10 nitrogen and oxygen atoms in total. The van der Waals surface area contributed by atoms with E-state index in [9.17, 15) is 37.1 Å². The molecule has 42 heavy (non-hydrogen) atoms. The van der Waals surface area contributed by atoms with E-state index in [0.717, 1.165) is 10.9 Å². The molecule has 1 aromatic carbocycles. The first-order valence-electron chi connectivity index (χ1n) is 13.6. The van der Waals surface area contributed by atoms with Crippen molar-refractivity contribution < 1.29 is 32.3 Å². The van der Waals surface area contributed by atoms with Crippen LogP contribution in [0.1, 0.15) is 45.7 Å². The number of rotatable bonds is 7. The number of nitrogens with one attached hydrogen (secondary N) is 3. The topological polar surface area (TPSA) is 154 Å². The molecule has 1 saturated carbocycles. The zero-order valence-electron chi connectivity index (χ0n) is 24.3. The molecule has 4 rings (SSSR count). The van der Waals surface area contributed by atoms with Crippen molar-refractivity contribution in [1.29, 1.82) is 0 Å².